The molecule has 0 spiro atoms. The van der Waals surface area contributed by atoms with Gasteiger partial charge in [0.1, 0.15) is 0 Å². The number of rotatable bonds is 10. The van der Waals surface area contributed by atoms with Crippen molar-refractivity contribution in [3.05, 3.63) is 0 Å². The van der Waals surface area contributed by atoms with Crippen molar-refractivity contribution in [2.45, 2.75) is 34.1 Å². The van der Waals surface area contributed by atoms with E-state index in [1.54, 1.807) is 0 Å². The van der Waals surface area contributed by atoms with E-state index in [0.29, 0.717) is 18.9 Å². The third-order valence-electron chi connectivity index (χ3n) is 3.22. The molecule has 0 aliphatic heterocycles. The Morgan fingerprint density at radius 1 is 1.15 bits per heavy atom. The minimum absolute atomic E-state index is 0.171. The highest BCUT2D eigenvalue weighted by molar-refractivity contribution is 5.75. The lowest BCUT2D eigenvalue weighted by molar-refractivity contribution is -0.142. The number of urea groups is 1. The van der Waals surface area contributed by atoms with Crippen molar-refractivity contribution in [2.75, 3.05) is 32.7 Å². The summed E-state index contributed by atoms with van der Waals surface area (Å²) < 4.78 is 0. The molecule has 0 aromatic heterocycles. The first-order valence-corrected chi connectivity index (χ1v) is 7.37. The van der Waals surface area contributed by atoms with Crippen LogP contribution in [-0.2, 0) is 4.79 Å². The molecular weight excluding hydrogens is 258 g/mol. The van der Waals surface area contributed by atoms with Gasteiger partial charge in [0.25, 0.3) is 0 Å². The molecule has 0 aliphatic carbocycles. The number of carbonyl (C=O) groups excluding carboxylic acids is 1. The summed E-state index contributed by atoms with van der Waals surface area (Å²) >= 11 is 0. The third kappa shape index (κ3) is 8.74. The van der Waals surface area contributed by atoms with Crippen LogP contribution in [0.2, 0.25) is 0 Å². The Labute approximate surface area is 121 Å². The van der Waals surface area contributed by atoms with E-state index in [-0.39, 0.29) is 12.6 Å². The Morgan fingerprint density at radius 2 is 1.75 bits per heavy atom. The number of likely N-dealkylation sites (N-methyl/N-ethyl adjacent to an activating group) is 1. The van der Waals surface area contributed by atoms with Crippen LogP contribution < -0.4 is 10.6 Å². The predicted molar refractivity (Wildman–Crippen MR) is 79.8 cm³/mol. The van der Waals surface area contributed by atoms with Crippen molar-refractivity contribution in [1.82, 2.24) is 15.5 Å². The number of carboxylic acids is 1. The monoisotopic (exact) mass is 287 g/mol. The molecule has 6 nitrogen and oxygen atoms in total. The highest BCUT2D eigenvalue weighted by atomic mass is 16.4. The van der Waals surface area contributed by atoms with Gasteiger partial charge in [0.05, 0.1) is 5.92 Å². The lowest BCUT2D eigenvalue weighted by Gasteiger charge is -2.19. The van der Waals surface area contributed by atoms with Gasteiger partial charge in [-0.3, -0.25) is 4.79 Å². The minimum atomic E-state index is -0.859. The maximum absolute atomic E-state index is 11.6. The van der Waals surface area contributed by atoms with Gasteiger partial charge in [-0.2, -0.15) is 0 Å². The average Bonchev–Trinajstić information content (AvgIpc) is 2.38. The van der Waals surface area contributed by atoms with Crippen LogP contribution in [-0.4, -0.2) is 54.7 Å². The number of carbonyl (C=O) groups is 2. The summed E-state index contributed by atoms with van der Waals surface area (Å²) in [7, 11) is 0. The lowest BCUT2D eigenvalue weighted by Crippen LogP contribution is -2.43. The largest absolute Gasteiger partial charge is 0.481 e. The molecule has 0 saturated heterocycles. The Balaban J connectivity index is 3.93. The number of nitrogens with zero attached hydrogens (tertiary/aromatic N) is 1. The fraction of sp³-hybridized carbons (Fsp3) is 0.857. The van der Waals surface area contributed by atoms with Gasteiger partial charge in [0, 0.05) is 19.6 Å². The van der Waals surface area contributed by atoms with Gasteiger partial charge in [-0.15, -0.1) is 0 Å². The summed E-state index contributed by atoms with van der Waals surface area (Å²) in [5.74, 6) is -1.09. The molecule has 0 radical (unpaired) electrons. The highest BCUT2D eigenvalue weighted by Gasteiger charge is 2.19. The SMILES string of the molecule is CCN(CC)CCNC(=O)NCC(CC(C)C)C(=O)O. The number of hydrogen-bond donors (Lipinski definition) is 3. The Hall–Kier alpha value is -1.30. The second-order valence-electron chi connectivity index (χ2n) is 5.33. The maximum Gasteiger partial charge on any atom is 0.314 e. The van der Waals surface area contributed by atoms with Crippen molar-refractivity contribution < 1.29 is 14.7 Å². The maximum atomic E-state index is 11.6. The van der Waals surface area contributed by atoms with E-state index in [1.807, 2.05) is 13.8 Å². The van der Waals surface area contributed by atoms with Crippen LogP contribution in [0.5, 0.6) is 0 Å². The molecule has 0 rings (SSSR count). The van der Waals surface area contributed by atoms with Crippen molar-refractivity contribution in [1.29, 1.82) is 0 Å². The molecule has 118 valence electrons. The zero-order chi connectivity index (χ0) is 15.5. The normalized spacial score (nSPS) is 12.5. The molecule has 0 aromatic rings. The molecule has 20 heavy (non-hydrogen) atoms. The summed E-state index contributed by atoms with van der Waals surface area (Å²) in [6, 6.07) is -0.299. The van der Waals surface area contributed by atoms with Crippen molar-refractivity contribution in [3.63, 3.8) is 0 Å². The van der Waals surface area contributed by atoms with Crippen LogP contribution in [0, 0.1) is 11.8 Å². The number of aliphatic carboxylic acids is 1. The highest BCUT2D eigenvalue weighted by Crippen LogP contribution is 2.10. The molecule has 0 aliphatic rings. The van der Waals surface area contributed by atoms with Crippen LogP contribution in [0.3, 0.4) is 0 Å². The standard InChI is InChI=1S/C14H29N3O3/c1-5-17(6-2)8-7-15-14(20)16-10-12(13(18)19)9-11(3)4/h11-12H,5-10H2,1-4H3,(H,18,19)(H2,15,16,20). The summed E-state index contributed by atoms with van der Waals surface area (Å²) in [5, 5.41) is 14.4. The summed E-state index contributed by atoms with van der Waals surface area (Å²) in [6.07, 6.45) is 0.565. The van der Waals surface area contributed by atoms with E-state index in [1.165, 1.54) is 0 Å². The Morgan fingerprint density at radius 3 is 2.20 bits per heavy atom. The number of hydrogen-bond acceptors (Lipinski definition) is 3. The van der Waals surface area contributed by atoms with Gasteiger partial charge < -0.3 is 20.6 Å². The van der Waals surface area contributed by atoms with Gasteiger partial charge in [-0.05, 0) is 25.4 Å². The molecule has 3 N–H and O–H groups in total. The van der Waals surface area contributed by atoms with Gasteiger partial charge in [0.2, 0.25) is 0 Å². The van der Waals surface area contributed by atoms with Gasteiger partial charge in [0.15, 0.2) is 0 Å². The minimum Gasteiger partial charge on any atom is -0.481 e. The lowest BCUT2D eigenvalue weighted by atomic mass is 9.97. The number of nitrogens with one attached hydrogen (secondary N) is 2. The summed E-state index contributed by atoms with van der Waals surface area (Å²) in [4.78, 5) is 24.8. The van der Waals surface area contributed by atoms with E-state index in [4.69, 9.17) is 5.11 Å². The molecule has 0 fully saturated rings. The molecule has 0 bridgehead atoms. The van der Waals surface area contributed by atoms with E-state index in [9.17, 15) is 9.59 Å². The van der Waals surface area contributed by atoms with Crippen LogP contribution in [0.25, 0.3) is 0 Å². The second-order valence-corrected chi connectivity index (χ2v) is 5.33. The topological polar surface area (TPSA) is 81.7 Å². The second kappa shape index (κ2) is 10.5. The molecule has 6 heteroatoms. The molecule has 2 amide bonds. The fourth-order valence-corrected chi connectivity index (χ4v) is 1.99. The summed E-state index contributed by atoms with van der Waals surface area (Å²) in [6.45, 7) is 11.5. The average molecular weight is 287 g/mol. The van der Waals surface area contributed by atoms with E-state index < -0.39 is 11.9 Å². The van der Waals surface area contributed by atoms with E-state index in [0.717, 1.165) is 19.6 Å². The molecular formula is C14H29N3O3. The molecule has 0 saturated carbocycles. The predicted octanol–water partition coefficient (Wildman–Crippen LogP) is 1.37. The van der Waals surface area contributed by atoms with Crippen molar-refractivity contribution in [3.8, 4) is 0 Å². The van der Waals surface area contributed by atoms with Gasteiger partial charge in [-0.1, -0.05) is 27.7 Å². The van der Waals surface area contributed by atoms with Crippen LogP contribution in [0.4, 0.5) is 4.79 Å². The smallest absolute Gasteiger partial charge is 0.314 e. The summed E-state index contributed by atoms with van der Waals surface area (Å²) in [5.41, 5.74) is 0. The third-order valence-corrected chi connectivity index (χ3v) is 3.22. The molecule has 1 atom stereocenters. The Bertz CT molecular complexity index is 291. The van der Waals surface area contributed by atoms with E-state index >= 15 is 0 Å². The molecule has 1 unspecified atom stereocenters. The van der Waals surface area contributed by atoms with Crippen LogP contribution in [0.15, 0.2) is 0 Å². The quantitative estimate of drug-likeness (QED) is 0.567. The fourth-order valence-electron chi connectivity index (χ4n) is 1.99. The first-order valence-electron chi connectivity index (χ1n) is 7.37. The van der Waals surface area contributed by atoms with Crippen molar-refractivity contribution in [2.24, 2.45) is 11.8 Å². The zero-order valence-electron chi connectivity index (χ0n) is 13.1. The first-order chi connectivity index (χ1) is 9.40. The Kier molecular flexibility index (Phi) is 9.80. The number of amides is 2. The van der Waals surface area contributed by atoms with E-state index in [2.05, 4.69) is 29.4 Å². The van der Waals surface area contributed by atoms with Crippen LogP contribution >= 0.6 is 0 Å². The van der Waals surface area contributed by atoms with Crippen LogP contribution in [0.1, 0.15) is 34.1 Å². The van der Waals surface area contributed by atoms with Gasteiger partial charge in [-0.25, -0.2) is 4.79 Å². The van der Waals surface area contributed by atoms with Crippen molar-refractivity contribution >= 4 is 12.0 Å². The van der Waals surface area contributed by atoms with Gasteiger partial charge >= 0.3 is 12.0 Å². The first kappa shape index (κ1) is 18.7. The molecule has 0 heterocycles. The molecule has 0 aromatic carbocycles. The number of carboxylic acid groups (broad SMARTS) is 1. The zero-order valence-corrected chi connectivity index (χ0v) is 13.1.